The summed E-state index contributed by atoms with van der Waals surface area (Å²) in [6.07, 6.45) is 1.39. The number of hydrogen-bond donors (Lipinski definition) is 1. The van der Waals surface area contributed by atoms with Crippen LogP contribution in [-0.4, -0.2) is 25.0 Å². The average molecular weight is 556 g/mol. The van der Waals surface area contributed by atoms with Gasteiger partial charge in [0.1, 0.15) is 12.2 Å². The standard InChI is InChI=1S/C26H20BrClN2O5/c1-15-6-8-16(9-7-15)14-35-23-21(27)11-17(12-22(23)34-2)10-20-24(31)29-26(33)30(25(20)32)19-5-3-4-18(28)13-19/h3-13H,14H2,1-2H3,(H,29,31,33)/b20-10+. The van der Waals surface area contributed by atoms with Crippen LogP contribution in [0, 0.1) is 6.92 Å². The minimum atomic E-state index is -0.849. The van der Waals surface area contributed by atoms with Crippen LogP contribution in [0.2, 0.25) is 5.02 Å². The molecule has 35 heavy (non-hydrogen) atoms. The molecule has 4 amide bonds. The molecule has 0 bridgehead atoms. The van der Waals surface area contributed by atoms with E-state index in [1.807, 2.05) is 31.2 Å². The molecule has 0 unspecified atom stereocenters. The van der Waals surface area contributed by atoms with Gasteiger partial charge in [-0.3, -0.25) is 14.9 Å². The van der Waals surface area contributed by atoms with Crippen LogP contribution in [-0.2, 0) is 16.2 Å². The molecule has 1 fully saturated rings. The maximum absolute atomic E-state index is 13.1. The molecule has 0 atom stereocenters. The number of aryl methyl sites for hydroxylation is 1. The Bertz CT molecular complexity index is 1350. The van der Waals surface area contributed by atoms with Crippen LogP contribution in [0.3, 0.4) is 0 Å². The molecular weight excluding hydrogens is 536 g/mol. The van der Waals surface area contributed by atoms with Gasteiger partial charge < -0.3 is 9.47 Å². The lowest BCUT2D eigenvalue weighted by atomic mass is 10.1. The van der Waals surface area contributed by atoms with Gasteiger partial charge in [-0.25, -0.2) is 9.69 Å². The van der Waals surface area contributed by atoms with Crippen molar-refractivity contribution in [1.82, 2.24) is 5.32 Å². The van der Waals surface area contributed by atoms with Crippen molar-refractivity contribution in [3.63, 3.8) is 0 Å². The maximum atomic E-state index is 13.1. The first-order chi connectivity index (χ1) is 16.8. The summed E-state index contributed by atoms with van der Waals surface area (Å²) in [5.41, 5.74) is 2.67. The number of imide groups is 2. The molecule has 3 aromatic rings. The minimum Gasteiger partial charge on any atom is -0.493 e. The summed E-state index contributed by atoms with van der Waals surface area (Å²) < 4.78 is 12.0. The second-order valence-corrected chi connectivity index (χ2v) is 9.04. The van der Waals surface area contributed by atoms with E-state index in [4.69, 9.17) is 21.1 Å². The van der Waals surface area contributed by atoms with Crippen molar-refractivity contribution in [2.75, 3.05) is 12.0 Å². The first-order valence-electron chi connectivity index (χ1n) is 10.5. The number of nitrogens with zero attached hydrogens (tertiary/aromatic N) is 1. The van der Waals surface area contributed by atoms with Gasteiger partial charge in [0.15, 0.2) is 11.5 Å². The number of anilines is 1. The second kappa shape index (κ2) is 10.3. The summed E-state index contributed by atoms with van der Waals surface area (Å²) in [6, 6.07) is 16.7. The van der Waals surface area contributed by atoms with E-state index in [1.165, 1.54) is 19.3 Å². The van der Waals surface area contributed by atoms with Gasteiger partial charge in [-0.1, -0.05) is 47.5 Å². The third kappa shape index (κ3) is 5.39. The van der Waals surface area contributed by atoms with E-state index < -0.39 is 17.8 Å². The molecule has 0 aromatic heterocycles. The Balaban J connectivity index is 1.64. The lowest BCUT2D eigenvalue weighted by molar-refractivity contribution is -0.122. The maximum Gasteiger partial charge on any atom is 0.335 e. The van der Waals surface area contributed by atoms with Gasteiger partial charge in [0.2, 0.25) is 0 Å². The summed E-state index contributed by atoms with van der Waals surface area (Å²) >= 11 is 9.50. The fourth-order valence-corrected chi connectivity index (χ4v) is 4.24. The van der Waals surface area contributed by atoms with Crippen molar-refractivity contribution in [2.24, 2.45) is 0 Å². The third-order valence-corrected chi connectivity index (χ3v) is 6.06. The van der Waals surface area contributed by atoms with E-state index in [-0.39, 0.29) is 11.3 Å². The second-order valence-electron chi connectivity index (χ2n) is 7.75. The molecule has 0 radical (unpaired) electrons. The summed E-state index contributed by atoms with van der Waals surface area (Å²) in [6.45, 7) is 2.34. The van der Waals surface area contributed by atoms with Crippen LogP contribution in [0.1, 0.15) is 16.7 Å². The molecule has 3 aromatic carbocycles. The zero-order valence-corrected chi connectivity index (χ0v) is 21.1. The normalized spacial score (nSPS) is 14.8. The molecule has 1 saturated heterocycles. The Hall–Kier alpha value is -3.62. The van der Waals surface area contributed by atoms with Crippen LogP contribution >= 0.6 is 27.5 Å². The fourth-order valence-electron chi connectivity index (χ4n) is 3.48. The Labute approximate surface area is 215 Å². The largest absolute Gasteiger partial charge is 0.493 e. The van der Waals surface area contributed by atoms with Gasteiger partial charge in [0.05, 0.1) is 17.3 Å². The van der Waals surface area contributed by atoms with Crippen LogP contribution in [0.15, 0.2) is 70.7 Å². The van der Waals surface area contributed by atoms with Gasteiger partial charge in [-0.05, 0) is 70.4 Å². The highest BCUT2D eigenvalue weighted by Crippen LogP contribution is 2.38. The van der Waals surface area contributed by atoms with Crippen molar-refractivity contribution in [3.05, 3.63) is 92.4 Å². The number of barbiturate groups is 1. The van der Waals surface area contributed by atoms with E-state index in [9.17, 15) is 14.4 Å². The quantitative estimate of drug-likeness (QED) is 0.313. The van der Waals surface area contributed by atoms with Gasteiger partial charge in [-0.15, -0.1) is 0 Å². The number of halogens is 2. The molecule has 1 aliphatic heterocycles. The Morgan fingerprint density at radius 3 is 2.49 bits per heavy atom. The molecule has 1 heterocycles. The molecule has 0 saturated carbocycles. The topological polar surface area (TPSA) is 84.9 Å². The fraction of sp³-hybridized carbons (Fsp3) is 0.115. The number of nitrogens with one attached hydrogen (secondary N) is 1. The predicted molar refractivity (Wildman–Crippen MR) is 137 cm³/mol. The Morgan fingerprint density at radius 1 is 1.06 bits per heavy atom. The average Bonchev–Trinajstić information content (AvgIpc) is 2.82. The van der Waals surface area contributed by atoms with Crippen LogP contribution in [0.4, 0.5) is 10.5 Å². The van der Waals surface area contributed by atoms with Crippen molar-refractivity contribution >= 4 is 57.1 Å². The first kappa shape index (κ1) is 24.5. The molecule has 4 rings (SSSR count). The number of carbonyl (C=O) groups is 3. The van der Waals surface area contributed by atoms with E-state index in [0.717, 1.165) is 16.0 Å². The van der Waals surface area contributed by atoms with E-state index in [1.54, 1.807) is 30.3 Å². The van der Waals surface area contributed by atoms with Crippen molar-refractivity contribution in [3.8, 4) is 11.5 Å². The Kier molecular flexibility index (Phi) is 7.23. The smallest absolute Gasteiger partial charge is 0.335 e. The molecule has 7 nitrogen and oxygen atoms in total. The number of hydrogen-bond acceptors (Lipinski definition) is 5. The number of benzene rings is 3. The number of urea groups is 1. The predicted octanol–water partition coefficient (Wildman–Crippen LogP) is 5.66. The van der Waals surface area contributed by atoms with E-state index in [2.05, 4.69) is 21.2 Å². The zero-order chi connectivity index (χ0) is 25.1. The highest BCUT2D eigenvalue weighted by Gasteiger charge is 2.37. The van der Waals surface area contributed by atoms with Crippen LogP contribution < -0.4 is 19.7 Å². The molecule has 1 aliphatic rings. The lowest BCUT2D eigenvalue weighted by Gasteiger charge is -2.26. The van der Waals surface area contributed by atoms with E-state index >= 15 is 0 Å². The van der Waals surface area contributed by atoms with Gasteiger partial charge >= 0.3 is 6.03 Å². The van der Waals surface area contributed by atoms with Crippen molar-refractivity contribution in [2.45, 2.75) is 13.5 Å². The van der Waals surface area contributed by atoms with Crippen LogP contribution in [0.5, 0.6) is 11.5 Å². The SMILES string of the molecule is COc1cc(/C=C2\C(=O)NC(=O)N(c3cccc(Cl)c3)C2=O)cc(Br)c1OCc1ccc(C)cc1. The first-order valence-corrected chi connectivity index (χ1v) is 11.7. The summed E-state index contributed by atoms with van der Waals surface area (Å²) in [5.74, 6) is -0.681. The minimum absolute atomic E-state index is 0.216. The highest BCUT2D eigenvalue weighted by atomic mass is 79.9. The zero-order valence-electron chi connectivity index (χ0n) is 18.8. The monoisotopic (exact) mass is 554 g/mol. The third-order valence-electron chi connectivity index (χ3n) is 5.23. The Morgan fingerprint density at radius 2 is 1.80 bits per heavy atom. The molecular formula is C26H20BrClN2O5. The number of ether oxygens (including phenoxy) is 2. The summed E-state index contributed by atoms with van der Waals surface area (Å²) in [4.78, 5) is 38.9. The molecule has 0 aliphatic carbocycles. The highest BCUT2D eigenvalue weighted by molar-refractivity contribution is 9.10. The number of methoxy groups -OCH3 is 1. The number of rotatable bonds is 6. The summed E-state index contributed by atoms with van der Waals surface area (Å²) in [7, 11) is 1.50. The van der Waals surface area contributed by atoms with Gasteiger partial charge in [0.25, 0.3) is 11.8 Å². The molecule has 1 N–H and O–H groups in total. The van der Waals surface area contributed by atoms with E-state index in [0.29, 0.717) is 33.2 Å². The van der Waals surface area contributed by atoms with Crippen molar-refractivity contribution < 1.29 is 23.9 Å². The lowest BCUT2D eigenvalue weighted by Crippen LogP contribution is -2.54. The number of amides is 4. The number of carbonyl (C=O) groups excluding carboxylic acids is 3. The van der Waals surface area contributed by atoms with Crippen LogP contribution in [0.25, 0.3) is 6.08 Å². The van der Waals surface area contributed by atoms with Gasteiger partial charge in [0, 0.05) is 5.02 Å². The summed E-state index contributed by atoms with van der Waals surface area (Å²) in [5, 5.41) is 2.54. The van der Waals surface area contributed by atoms with Gasteiger partial charge in [-0.2, -0.15) is 0 Å². The molecule has 9 heteroatoms. The van der Waals surface area contributed by atoms with Crippen molar-refractivity contribution in [1.29, 1.82) is 0 Å². The molecule has 178 valence electrons. The molecule has 0 spiro atoms.